The summed E-state index contributed by atoms with van der Waals surface area (Å²) in [6.45, 7) is 1.57. The maximum Gasteiger partial charge on any atom is 0.313 e. The molecule has 9 nitrogen and oxygen atoms in total. The summed E-state index contributed by atoms with van der Waals surface area (Å²) in [6, 6.07) is 6.34. The minimum Gasteiger partial charge on any atom is -0.426 e. The van der Waals surface area contributed by atoms with Gasteiger partial charge in [0.1, 0.15) is 18.1 Å². The second-order valence-corrected chi connectivity index (χ2v) is 4.65. The van der Waals surface area contributed by atoms with E-state index in [0.717, 1.165) is 6.20 Å². The summed E-state index contributed by atoms with van der Waals surface area (Å²) >= 11 is 0. The van der Waals surface area contributed by atoms with Gasteiger partial charge in [0.2, 0.25) is 5.91 Å². The van der Waals surface area contributed by atoms with E-state index in [1.165, 1.54) is 17.8 Å². The van der Waals surface area contributed by atoms with E-state index in [9.17, 15) is 19.7 Å². The third-order valence-corrected chi connectivity index (χ3v) is 2.78. The Morgan fingerprint density at radius 3 is 2.61 bits per heavy atom. The third-order valence-electron chi connectivity index (χ3n) is 2.78. The van der Waals surface area contributed by atoms with Crippen LogP contribution in [0.2, 0.25) is 0 Å². The Morgan fingerprint density at radius 2 is 2.04 bits per heavy atom. The highest BCUT2D eigenvalue weighted by Gasteiger charge is 2.11. The van der Waals surface area contributed by atoms with Crippen molar-refractivity contribution in [3.8, 4) is 5.75 Å². The molecule has 0 saturated heterocycles. The molecule has 0 saturated carbocycles. The monoisotopic (exact) mass is 318 g/mol. The lowest BCUT2D eigenvalue weighted by Crippen LogP contribution is -2.12. The third kappa shape index (κ3) is 4.92. The number of amides is 1. The maximum atomic E-state index is 11.7. The molecule has 0 radical (unpaired) electrons. The van der Waals surface area contributed by atoms with Crippen molar-refractivity contribution in [3.05, 3.63) is 46.8 Å². The number of nitro groups is 1. The Hall–Kier alpha value is -3.23. The lowest BCUT2D eigenvalue weighted by Gasteiger charge is -2.06. The molecule has 0 spiro atoms. The lowest BCUT2D eigenvalue weighted by molar-refractivity contribution is -0.385. The quantitative estimate of drug-likeness (QED) is 0.375. The first kappa shape index (κ1) is 16.1. The molecule has 1 aromatic heterocycles. The molecule has 120 valence electrons. The van der Waals surface area contributed by atoms with Gasteiger partial charge < -0.3 is 10.1 Å². The van der Waals surface area contributed by atoms with E-state index in [2.05, 4.69) is 10.4 Å². The highest BCUT2D eigenvalue weighted by Crippen LogP contribution is 2.16. The van der Waals surface area contributed by atoms with E-state index in [4.69, 9.17) is 4.74 Å². The standard InChI is InChI=1S/C14H14N4O5/c1-10(19)16-11-2-4-13(5-3-11)23-14(20)6-7-17-9-12(8-15-17)18(21)22/h2-5,8-9H,6-7H2,1H3,(H,16,19). The summed E-state index contributed by atoms with van der Waals surface area (Å²) in [5.41, 5.74) is 0.466. The van der Waals surface area contributed by atoms with Crippen LogP contribution in [0.25, 0.3) is 0 Å². The molecular formula is C14H14N4O5. The van der Waals surface area contributed by atoms with E-state index < -0.39 is 10.9 Å². The number of carbonyl (C=O) groups excluding carboxylic acids is 2. The smallest absolute Gasteiger partial charge is 0.313 e. The molecule has 1 N–H and O–H groups in total. The fourth-order valence-corrected chi connectivity index (χ4v) is 1.77. The number of hydrogen-bond acceptors (Lipinski definition) is 6. The van der Waals surface area contributed by atoms with Gasteiger partial charge in [0.25, 0.3) is 0 Å². The van der Waals surface area contributed by atoms with Crippen molar-refractivity contribution < 1.29 is 19.2 Å². The van der Waals surface area contributed by atoms with Crippen molar-refractivity contribution in [1.82, 2.24) is 9.78 Å². The van der Waals surface area contributed by atoms with Gasteiger partial charge >= 0.3 is 11.7 Å². The molecule has 0 fully saturated rings. The SMILES string of the molecule is CC(=O)Nc1ccc(OC(=O)CCn2cc([N+](=O)[O-])cn2)cc1. The number of nitrogens with one attached hydrogen (secondary N) is 1. The first-order chi connectivity index (χ1) is 10.9. The number of carbonyl (C=O) groups is 2. The Bertz CT molecular complexity index is 723. The molecule has 2 rings (SSSR count). The average Bonchev–Trinajstić information content (AvgIpc) is 2.96. The largest absolute Gasteiger partial charge is 0.426 e. The zero-order valence-corrected chi connectivity index (χ0v) is 12.3. The van der Waals surface area contributed by atoms with E-state index in [0.29, 0.717) is 11.4 Å². The van der Waals surface area contributed by atoms with Crippen molar-refractivity contribution >= 4 is 23.3 Å². The Balaban J connectivity index is 1.84. The van der Waals surface area contributed by atoms with Crippen LogP contribution >= 0.6 is 0 Å². The molecule has 0 aliphatic rings. The zero-order valence-electron chi connectivity index (χ0n) is 12.3. The number of anilines is 1. The van der Waals surface area contributed by atoms with E-state index >= 15 is 0 Å². The van der Waals surface area contributed by atoms with Crippen LogP contribution in [0.3, 0.4) is 0 Å². The minimum atomic E-state index is -0.557. The highest BCUT2D eigenvalue weighted by molar-refractivity contribution is 5.88. The van der Waals surface area contributed by atoms with Crippen molar-refractivity contribution in [2.24, 2.45) is 0 Å². The van der Waals surface area contributed by atoms with Gasteiger partial charge in [0.05, 0.1) is 17.9 Å². The fraction of sp³-hybridized carbons (Fsp3) is 0.214. The predicted octanol–water partition coefficient (Wildman–Crippen LogP) is 1.75. The first-order valence-corrected chi connectivity index (χ1v) is 6.69. The summed E-state index contributed by atoms with van der Waals surface area (Å²) in [6.07, 6.45) is 2.38. The molecule has 9 heteroatoms. The van der Waals surface area contributed by atoms with Gasteiger partial charge in [-0.15, -0.1) is 0 Å². The molecule has 0 bridgehead atoms. The van der Waals surface area contributed by atoms with Crippen LogP contribution in [-0.4, -0.2) is 26.6 Å². The van der Waals surface area contributed by atoms with Crippen molar-refractivity contribution in [3.63, 3.8) is 0 Å². The first-order valence-electron chi connectivity index (χ1n) is 6.69. The highest BCUT2D eigenvalue weighted by atomic mass is 16.6. The van der Waals surface area contributed by atoms with Crippen LogP contribution in [0.4, 0.5) is 11.4 Å². The van der Waals surface area contributed by atoms with Crippen LogP contribution in [-0.2, 0) is 16.1 Å². The Labute approximate surface area is 131 Å². The topological polar surface area (TPSA) is 116 Å². The predicted molar refractivity (Wildman–Crippen MR) is 79.9 cm³/mol. The second-order valence-electron chi connectivity index (χ2n) is 4.65. The van der Waals surface area contributed by atoms with Gasteiger partial charge in [-0.3, -0.25) is 24.4 Å². The number of ether oxygens (including phenoxy) is 1. The molecule has 0 atom stereocenters. The number of benzene rings is 1. The molecule has 0 aliphatic heterocycles. The molecule has 0 unspecified atom stereocenters. The second kappa shape index (κ2) is 7.16. The van der Waals surface area contributed by atoms with E-state index in [-0.39, 0.29) is 24.6 Å². The van der Waals surface area contributed by atoms with Crippen LogP contribution in [0, 0.1) is 10.1 Å². The van der Waals surface area contributed by atoms with Crippen LogP contribution in [0.1, 0.15) is 13.3 Å². The fourth-order valence-electron chi connectivity index (χ4n) is 1.77. The molecule has 1 aromatic carbocycles. The average molecular weight is 318 g/mol. The van der Waals surface area contributed by atoms with E-state index in [1.54, 1.807) is 24.3 Å². The number of rotatable bonds is 6. The zero-order chi connectivity index (χ0) is 16.8. The molecule has 2 aromatic rings. The lowest BCUT2D eigenvalue weighted by atomic mass is 10.3. The van der Waals surface area contributed by atoms with Gasteiger partial charge in [-0.2, -0.15) is 5.10 Å². The van der Waals surface area contributed by atoms with Crippen molar-refractivity contribution in [2.75, 3.05) is 5.32 Å². The van der Waals surface area contributed by atoms with Crippen molar-refractivity contribution in [2.45, 2.75) is 19.9 Å². The molecule has 1 heterocycles. The Morgan fingerprint density at radius 1 is 1.35 bits per heavy atom. The molecule has 1 amide bonds. The maximum absolute atomic E-state index is 11.7. The van der Waals surface area contributed by atoms with Crippen LogP contribution in [0.15, 0.2) is 36.7 Å². The summed E-state index contributed by atoms with van der Waals surface area (Å²) < 4.78 is 6.43. The van der Waals surface area contributed by atoms with Gasteiger partial charge in [-0.1, -0.05) is 0 Å². The summed E-state index contributed by atoms with van der Waals surface area (Å²) in [7, 11) is 0. The van der Waals surface area contributed by atoms with Gasteiger partial charge in [-0.25, -0.2) is 0 Å². The summed E-state index contributed by atoms with van der Waals surface area (Å²) in [5, 5.41) is 16.9. The van der Waals surface area contributed by atoms with E-state index in [1.807, 2.05) is 0 Å². The summed E-state index contributed by atoms with van der Waals surface area (Å²) in [4.78, 5) is 32.6. The molecule has 0 aliphatic carbocycles. The minimum absolute atomic E-state index is 0.0201. The van der Waals surface area contributed by atoms with Gasteiger partial charge in [0, 0.05) is 12.6 Å². The van der Waals surface area contributed by atoms with Gasteiger partial charge in [0.15, 0.2) is 0 Å². The summed E-state index contributed by atoms with van der Waals surface area (Å²) in [5.74, 6) is -0.339. The number of aromatic nitrogens is 2. The number of nitrogens with zero attached hydrogens (tertiary/aromatic N) is 3. The van der Waals surface area contributed by atoms with Crippen LogP contribution in [0.5, 0.6) is 5.75 Å². The molecular weight excluding hydrogens is 304 g/mol. The molecule has 23 heavy (non-hydrogen) atoms. The Kier molecular flexibility index (Phi) is 5.03. The van der Waals surface area contributed by atoms with Gasteiger partial charge in [-0.05, 0) is 24.3 Å². The number of esters is 1. The van der Waals surface area contributed by atoms with Crippen molar-refractivity contribution in [1.29, 1.82) is 0 Å². The number of aryl methyl sites for hydroxylation is 1. The number of hydrogen-bond donors (Lipinski definition) is 1. The van der Waals surface area contributed by atoms with Crippen LogP contribution < -0.4 is 10.1 Å². The normalized spacial score (nSPS) is 10.1.